The minimum Gasteiger partial charge on any atom is -0.389 e. The molecule has 0 saturated carbocycles. The van der Waals surface area contributed by atoms with Crippen molar-refractivity contribution in [3.05, 3.63) is 33.8 Å². The Labute approximate surface area is 143 Å². The van der Waals surface area contributed by atoms with Gasteiger partial charge in [-0.3, -0.25) is 4.90 Å². The number of aliphatic hydroxyl groups excluding tert-OH is 1. The summed E-state index contributed by atoms with van der Waals surface area (Å²) in [6, 6.07) is 6.11. The van der Waals surface area contributed by atoms with Gasteiger partial charge in [0.2, 0.25) is 0 Å². The summed E-state index contributed by atoms with van der Waals surface area (Å²) in [6.45, 7) is 6.91. The van der Waals surface area contributed by atoms with Crippen LogP contribution < -0.4 is 0 Å². The lowest BCUT2D eigenvalue weighted by Gasteiger charge is -2.27. The molecule has 5 heteroatoms. The zero-order valence-electron chi connectivity index (χ0n) is 13.3. The number of nitrogens with zero attached hydrogens (tertiary/aromatic N) is 1. The topological polar surface area (TPSA) is 32.7 Å². The molecule has 1 heterocycles. The molecule has 1 aliphatic heterocycles. The van der Waals surface area contributed by atoms with Crippen LogP contribution in [0.5, 0.6) is 0 Å². The third-order valence-corrected chi connectivity index (χ3v) is 4.64. The van der Waals surface area contributed by atoms with Crippen molar-refractivity contribution >= 4 is 23.2 Å². The molecule has 3 nitrogen and oxygen atoms in total. The minimum absolute atomic E-state index is 0.300. The van der Waals surface area contributed by atoms with E-state index in [9.17, 15) is 5.11 Å². The van der Waals surface area contributed by atoms with E-state index in [0.29, 0.717) is 41.8 Å². The molecule has 1 aromatic rings. The van der Waals surface area contributed by atoms with Crippen LogP contribution in [0.15, 0.2) is 18.2 Å². The lowest BCUT2D eigenvalue weighted by Crippen LogP contribution is -2.34. The van der Waals surface area contributed by atoms with Gasteiger partial charge < -0.3 is 9.84 Å². The van der Waals surface area contributed by atoms with Crippen LogP contribution in [0.3, 0.4) is 0 Å². The molecule has 2 rings (SSSR count). The smallest absolute Gasteiger partial charge is 0.0900 e. The molecular weight excluding hydrogens is 321 g/mol. The Morgan fingerprint density at radius 3 is 2.73 bits per heavy atom. The summed E-state index contributed by atoms with van der Waals surface area (Å²) < 4.78 is 5.53. The number of hydrogen-bond donors (Lipinski definition) is 1. The third kappa shape index (κ3) is 5.10. The molecule has 0 bridgehead atoms. The standard InChI is InChI=1S/C17H25Cl2NO2/c1-12(2)10-22-11-14(21)9-20-7-3-4-17(20)13-5-6-15(18)16(19)8-13/h5-6,8,12,14,17,21H,3-4,7,9-11H2,1-2H3. The summed E-state index contributed by atoms with van der Waals surface area (Å²) in [7, 11) is 0. The molecule has 1 fully saturated rings. The highest BCUT2D eigenvalue weighted by Crippen LogP contribution is 2.34. The summed E-state index contributed by atoms with van der Waals surface area (Å²) in [5, 5.41) is 11.3. The molecule has 1 N–H and O–H groups in total. The second-order valence-electron chi connectivity index (χ2n) is 6.41. The van der Waals surface area contributed by atoms with E-state index in [2.05, 4.69) is 18.7 Å². The quantitative estimate of drug-likeness (QED) is 0.805. The molecule has 0 radical (unpaired) electrons. The van der Waals surface area contributed by atoms with Crippen molar-refractivity contribution in [1.82, 2.24) is 4.90 Å². The molecule has 0 aromatic heterocycles. The largest absolute Gasteiger partial charge is 0.389 e. The normalized spacial score (nSPS) is 20.7. The lowest BCUT2D eigenvalue weighted by molar-refractivity contribution is 0.00611. The molecule has 0 spiro atoms. The number of aliphatic hydroxyl groups is 1. The van der Waals surface area contributed by atoms with Crippen molar-refractivity contribution in [3.8, 4) is 0 Å². The monoisotopic (exact) mass is 345 g/mol. The Hall–Kier alpha value is -0.320. The predicted octanol–water partition coefficient (Wildman–Crippen LogP) is 4.16. The van der Waals surface area contributed by atoms with E-state index < -0.39 is 6.10 Å². The highest BCUT2D eigenvalue weighted by Gasteiger charge is 2.27. The SMILES string of the molecule is CC(C)COCC(O)CN1CCCC1c1ccc(Cl)c(Cl)c1. The molecule has 1 aromatic carbocycles. The van der Waals surface area contributed by atoms with Crippen LogP contribution in [-0.4, -0.2) is 42.4 Å². The van der Waals surface area contributed by atoms with Gasteiger partial charge >= 0.3 is 0 Å². The van der Waals surface area contributed by atoms with Crippen molar-refractivity contribution in [2.24, 2.45) is 5.92 Å². The van der Waals surface area contributed by atoms with E-state index in [1.165, 1.54) is 5.56 Å². The lowest BCUT2D eigenvalue weighted by atomic mass is 10.0. The summed E-state index contributed by atoms with van der Waals surface area (Å²) in [4.78, 5) is 2.31. The number of hydrogen-bond acceptors (Lipinski definition) is 3. The Balaban J connectivity index is 1.91. The van der Waals surface area contributed by atoms with Gasteiger partial charge in [0, 0.05) is 19.2 Å². The fraction of sp³-hybridized carbons (Fsp3) is 0.647. The minimum atomic E-state index is -0.456. The number of β-amino-alcohol motifs (C(OH)–C–C–N with tert-alkyl or cyclic N) is 1. The fourth-order valence-electron chi connectivity index (χ4n) is 2.90. The van der Waals surface area contributed by atoms with Gasteiger partial charge in [-0.05, 0) is 43.0 Å². The molecule has 2 unspecified atom stereocenters. The van der Waals surface area contributed by atoms with Crippen molar-refractivity contribution in [1.29, 1.82) is 0 Å². The number of likely N-dealkylation sites (tertiary alicyclic amines) is 1. The Bertz CT molecular complexity index is 482. The molecule has 124 valence electrons. The summed E-state index contributed by atoms with van der Waals surface area (Å²) >= 11 is 12.1. The summed E-state index contributed by atoms with van der Waals surface area (Å²) in [5.41, 5.74) is 1.17. The average molecular weight is 346 g/mol. The van der Waals surface area contributed by atoms with Crippen LogP contribution in [0, 0.1) is 5.92 Å². The van der Waals surface area contributed by atoms with Crippen molar-refractivity contribution < 1.29 is 9.84 Å². The molecule has 0 amide bonds. The van der Waals surface area contributed by atoms with E-state index in [1.54, 1.807) is 0 Å². The van der Waals surface area contributed by atoms with Crippen molar-refractivity contribution in [2.75, 3.05) is 26.3 Å². The number of benzene rings is 1. The maximum atomic E-state index is 10.2. The third-order valence-electron chi connectivity index (χ3n) is 3.90. The first-order valence-electron chi connectivity index (χ1n) is 7.92. The van der Waals surface area contributed by atoms with Gasteiger partial charge in [-0.25, -0.2) is 0 Å². The number of halogens is 2. The molecule has 1 saturated heterocycles. The van der Waals surface area contributed by atoms with Crippen LogP contribution in [-0.2, 0) is 4.74 Å². The molecule has 2 atom stereocenters. The molecular formula is C17H25Cl2NO2. The van der Waals surface area contributed by atoms with Gasteiger partial charge in [0.25, 0.3) is 0 Å². The second-order valence-corrected chi connectivity index (χ2v) is 7.23. The Kier molecular flexibility index (Phi) is 6.97. The highest BCUT2D eigenvalue weighted by molar-refractivity contribution is 6.42. The van der Waals surface area contributed by atoms with Crippen molar-refractivity contribution in [2.45, 2.75) is 38.8 Å². The average Bonchev–Trinajstić information content (AvgIpc) is 2.89. The first kappa shape index (κ1) is 18.0. The van der Waals surface area contributed by atoms with Gasteiger partial charge in [-0.1, -0.05) is 43.1 Å². The van der Waals surface area contributed by atoms with Gasteiger partial charge in [0.1, 0.15) is 0 Å². The van der Waals surface area contributed by atoms with Gasteiger partial charge in [-0.15, -0.1) is 0 Å². The maximum absolute atomic E-state index is 10.2. The van der Waals surface area contributed by atoms with E-state index in [1.807, 2.05) is 18.2 Å². The summed E-state index contributed by atoms with van der Waals surface area (Å²) in [6.07, 6.45) is 1.75. The maximum Gasteiger partial charge on any atom is 0.0900 e. The first-order chi connectivity index (χ1) is 10.5. The predicted molar refractivity (Wildman–Crippen MR) is 91.7 cm³/mol. The van der Waals surface area contributed by atoms with Gasteiger partial charge in [0.05, 0.1) is 22.8 Å². The van der Waals surface area contributed by atoms with Crippen LogP contribution in [0.2, 0.25) is 10.0 Å². The first-order valence-corrected chi connectivity index (χ1v) is 8.67. The fourth-order valence-corrected chi connectivity index (χ4v) is 3.21. The van der Waals surface area contributed by atoms with E-state index >= 15 is 0 Å². The van der Waals surface area contributed by atoms with E-state index in [0.717, 1.165) is 19.4 Å². The second kappa shape index (κ2) is 8.51. The van der Waals surface area contributed by atoms with Crippen molar-refractivity contribution in [3.63, 3.8) is 0 Å². The molecule has 22 heavy (non-hydrogen) atoms. The van der Waals surface area contributed by atoms with Gasteiger partial charge in [-0.2, -0.15) is 0 Å². The van der Waals surface area contributed by atoms with Crippen LogP contribution in [0.25, 0.3) is 0 Å². The zero-order valence-corrected chi connectivity index (χ0v) is 14.8. The Morgan fingerprint density at radius 2 is 2.05 bits per heavy atom. The number of ether oxygens (including phenoxy) is 1. The van der Waals surface area contributed by atoms with Crippen LogP contribution in [0.4, 0.5) is 0 Å². The Morgan fingerprint density at radius 1 is 1.27 bits per heavy atom. The summed E-state index contributed by atoms with van der Waals surface area (Å²) in [5.74, 6) is 0.489. The van der Waals surface area contributed by atoms with Gasteiger partial charge in [0.15, 0.2) is 0 Å². The zero-order chi connectivity index (χ0) is 16.1. The van der Waals surface area contributed by atoms with Crippen LogP contribution in [0.1, 0.15) is 38.3 Å². The van der Waals surface area contributed by atoms with E-state index in [-0.39, 0.29) is 0 Å². The molecule has 0 aliphatic carbocycles. The highest BCUT2D eigenvalue weighted by atomic mass is 35.5. The van der Waals surface area contributed by atoms with Crippen LogP contribution >= 0.6 is 23.2 Å². The number of rotatable bonds is 7. The van der Waals surface area contributed by atoms with E-state index in [4.69, 9.17) is 27.9 Å². The molecule has 1 aliphatic rings.